The van der Waals surface area contributed by atoms with E-state index in [1.807, 2.05) is 20.8 Å². The van der Waals surface area contributed by atoms with Gasteiger partial charge in [-0.25, -0.2) is 0 Å². The lowest BCUT2D eigenvalue weighted by Crippen LogP contribution is -2.51. The molecule has 5 atom stereocenters. The highest BCUT2D eigenvalue weighted by atomic mass is 16.6. The summed E-state index contributed by atoms with van der Waals surface area (Å²) in [4.78, 5) is 25.3. The van der Waals surface area contributed by atoms with E-state index in [1.165, 1.54) is 6.42 Å². The molecule has 1 heterocycles. The maximum absolute atomic E-state index is 12.9. The molecule has 4 aliphatic rings. The fraction of sp³-hybridized carbons (Fsp3) is 0.900. The highest BCUT2D eigenvalue weighted by molar-refractivity contribution is 5.78. The summed E-state index contributed by atoms with van der Waals surface area (Å²) < 4.78 is 11.9. The standard InChI is InChI=1S/C20H30O4/c1-4-19(2,3)18(22)24-20(8-6-5-7-9-20)16-12-10-13-14(11-12)23-17(21)15(13)16/h12-16H,4-11H2,1-3H3. The molecular weight excluding hydrogens is 304 g/mol. The number of hydrogen-bond donors (Lipinski definition) is 0. The predicted molar refractivity (Wildman–Crippen MR) is 89.1 cm³/mol. The fourth-order valence-electron chi connectivity index (χ4n) is 5.86. The summed E-state index contributed by atoms with van der Waals surface area (Å²) in [5.74, 6) is 0.926. The molecule has 0 aromatic rings. The molecule has 4 nitrogen and oxygen atoms in total. The first-order valence-electron chi connectivity index (χ1n) is 9.82. The second kappa shape index (κ2) is 5.47. The minimum Gasteiger partial charge on any atom is -0.462 e. The molecule has 5 unspecified atom stereocenters. The van der Waals surface area contributed by atoms with Gasteiger partial charge in [0.15, 0.2) is 0 Å². The average molecular weight is 334 g/mol. The normalized spacial score (nSPS) is 39.8. The lowest BCUT2D eigenvalue weighted by Gasteiger charge is -2.46. The summed E-state index contributed by atoms with van der Waals surface area (Å²) in [6.45, 7) is 5.96. The molecule has 24 heavy (non-hydrogen) atoms. The molecule has 0 N–H and O–H groups in total. The van der Waals surface area contributed by atoms with Gasteiger partial charge in [0.05, 0.1) is 11.3 Å². The number of carbonyl (C=O) groups excluding carboxylic acids is 2. The molecular formula is C20H30O4. The summed E-state index contributed by atoms with van der Waals surface area (Å²) in [5, 5.41) is 0. The number of hydrogen-bond acceptors (Lipinski definition) is 4. The Morgan fingerprint density at radius 2 is 1.96 bits per heavy atom. The summed E-state index contributed by atoms with van der Waals surface area (Å²) in [5.41, 5.74) is -0.888. The van der Waals surface area contributed by atoms with Crippen LogP contribution in [0.4, 0.5) is 0 Å². The summed E-state index contributed by atoms with van der Waals surface area (Å²) in [6.07, 6.45) is 8.21. The minimum absolute atomic E-state index is 0.0225. The van der Waals surface area contributed by atoms with E-state index in [4.69, 9.17) is 9.47 Å². The van der Waals surface area contributed by atoms with Crippen LogP contribution in [0.15, 0.2) is 0 Å². The van der Waals surface area contributed by atoms with Gasteiger partial charge in [0, 0.05) is 11.8 Å². The molecule has 4 rings (SSSR count). The van der Waals surface area contributed by atoms with Crippen molar-refractivity contribution < 1.29 is 19.1 Å². The zero-order chi connectivity index (χ0) is 17.1. The highest BCUT2D eigenvalue weighted by Gasteiger charge is 2.67. The first-order chi connectivity index (χ1) is 11.4. The van der Waals surface area contributed by atoms with Crippen LogP contribution in [-0.2, 0) is 19.1 Å². The molecule has 3 saturated carbocycles. The number of ether oxygens (including phenoxy) is 2. The molecule has 0 aromatic heterocycles. The van der Waals surface area contributed by atoms with Crippen LogP contribution in [0.2, 0.25) is 0 Å². The van der Waals surface area contributed by atoms with Gasteiger partial charge in [-0.2, -0.15) is 0 Å². The third-order valence-electron chi connectivity index (χ3n) is 7.52. The Morgan fingerprint density at radius 1 is 1.25 bits per heavy atom. The zero-order valence-corrected chi connectivity index (χ0v) is 15.2. The summed E-state index contributed by atoms with van der Waals surface area (Å²) in [7, 11) is 0. The van der Waals surface area contributed by atoms with E-state index in [9.17, 15) is 9.59 Å². The van der Waals surface area contributed by atoms with Crippen LogP contribution in [-0.4, -0.2) is 23.6 Å². The maximum Gasteiger partial charge on any atom is 0.312 e. The van der Waals surface area contributed by atoms with Crippen molar-refractivity contribution in [1.29, 1.82) is 0 Å². The van der Waals surface area contributed by atoms with Crippen molar-refractivity contribution in [3.63, 3.8) is 0 Å². The number of esters is 2. The molecule has 0 amide bonds. The average Bonchev–Trinajstić information content (AvgIpc) is 3.17. The summed E-state index contributed by atoms with van der Waals surface area (Å²) >= 11 is 0. The second-order valence-corrected chi connectivity index (χ2v) is 9.17. The molecule has 2 bridgehead atoms. The Labute approximate surface area is 144 Å². The molecule has 4 heteroatoms. The first-order valence-corrected chi connectivity index (χ1v) is 9.82. The van der Waals surface area contributed by atoms with Crippen LogP contribution < -0.4 is 0 Å². The van der Waals surface area contributed by atoms with Crippen molar-refractivity contribution in [2.75, 3.05) is 0 Å². The van der Waals surface area contributed by atoms with E-state index in [0.29, 0.717) is 11.8 Å². The predicted octanol–water partition coefficient (Wildman–Crippen LogP) is 3.87. The zero-order valence-electron chi connectivity index (χ0n) is 15.2. The van der Waals surface area contributed by atoms with Crippen LogP contribution in [0.25, 0.3) is 0 Å². The van der Waals surface area contributed by atoms with Crippen molar-refractivity contribution >= 4 is 11.9 Å². The van der Waals surface area contributed by atoms with Crippen LogP contribution in [0.1, 0.15) is 72.1 Å². The molecule has 1 aliphatic heterocycles. The van der Waals surface area contributed by atoms with E-state index in [2.05, 4.69) is 0 Å². The number of rotatable bonds is 4. The first kappa shape index (κ1) is 16.4. The number of carbonyl (C=O) groups is 2. The lowest BCUT2D eigenvalue weighted by molar-refractivity contribution is -0.189. The maximum atomic E-state index is 12.9. The number of fused-ring (bicyclic) bond motifs is 1. The molecule has 1 saturated heterocycles. The van der Waals surface area contributed by atoms with E-state index < -0.39 is 11.0 Å². The molecule has 134 valence electrons. The van der Waals surface area contributed by atoms with Gasteiger partial charge in [0.1, 0.15) is 11.7 Å². The van der Waals surface area contributed by atoms with E-state index in [-0.39, 0.29) is 29.9 Å². The van der Waals surface area contributed by atoms with Gasteiger partial charge in [0.2, 0.25) is 0 Å². The summed E-state index contributed by atoms with van der Waals surface area (Å²) in [6, 6.07) is 0. The largest absolute Gasteiger partial charge is 0.462 e. The van der Waals surface area contributed by atoms with Crippen LogP contribution >= 0.6 is 0 Å². The molecule has 0 radical (unpaired) electrons. The Bertz CT molecular complexity index is 544. The smallest absolute Gasteiger partial charge is 0.312 e. The molecule has 3 aliphatic carbocycles. The van der Waals surface area contributed by atoms with Crippen LogP contribution in [0.3, 0.4) is 0 Å². The molecule has 0 aromatic carbocycles. The van der Waals surface area contributed by atoms with Gasteiger partial charge >= 0.3 is 11.9 Å². The van der Waals surface area contributed by atoms with Gasteiger partial charge in [-0.3, -0.25) is 9.59 Å². The van der Waals surface area contributed by atoms with Crippen LogP contribution in [0.5, 0.6) is 0 Å². The van der Waals surface area contributed by atoms with Gasteiger partial charge in [-0.05, 0) is 64.7 Å². The van der Waals surface area contributed by atoms with Gasteiger partial charge in [-0.15, -0.1) is 0 Å². The molecule has 4 fully saturated rings. The Hall–Kier alpha value is -1.06. The third-order valence-corrected chi connectivity index (χ3v) is 7.52. The quantitative estimate of drug-likeness (QED) is 0.733. The van der Waals surface area contributed by atoms with Crippen molar-refractivity contribution in [2.45, 2.75) is 83.8 Å². The van der Waals surface area contributed by atoms with Gasteiger partial charge < -0.3 is 9.47 Å². The Kier molecular flexibility index (Phi) is 3.74. The van der Waals surface area contributed by atoms with Crippen molar-refractivity contribution in [3.8, 4) is 0 Å². The van der Waals surface area contributed by atoms with E-state index >= 15 is 0 Å². The monoisotopic (exact) mass is 334 g/mol. The van der Waals surface area contributed by atoms with Gasteiger partial charge in [0.25, 0.3) is 0 Å². The van der Waals surface area contributed by atoms with Crippen molar-refractivity contribution in [3.05, 3.63) is 0 Å². The third kappa shape index (κ3) is 2.24. The minimum atomic E-state index is -0.458. The highest BCUT2D eigenvalue weighted by Crippen LogP contribution is 2.63. The van der Waals surface area contributed by atoms with Crippen LogP contribution in [0, 0.1) is 29.1 Å². The van der Waals surface area contributed by atoms with E-state index in [1.54, 1.807) is 0 Å². The molecule has 0 spiro atoms. The van der Waals surface area contributed by atoms with E-state index in [0.717, 1.165) is 44.9 Å². The van der Waals surface area contributed by atoms with Crippen molar-refractivity contribution in [1.82, 2.24) is 0 Å². The topological polar surface area (TPSA) is 52.6 Å². The second-order valence-electron chi connectivity index (χ2n) is 9.17. The Balaban J connectivity index is 1.65. The fourth-order valence-corrected chi connectivity index (χ4v) is 5.86. The van der Waals surface area contributed by atoms with Gasteiger partial charge in [-0.1, -0.05) is 13.3 Å². The Morgan fingerprint density at radius 3 is 2.62 bits per heavy atom. The SMILES string of the molecule is CCC(C)(C)C(=O)OC1(C2C3CC4OC(=O)C2C4C3)CCCCC1. The van der Waals surface area contributed by atoms with Crippen molar-refractivity contribution in [2.24, 2.45) is 29.1 Å². The lowest BCUT2D eigenvalue weighted by atomic mass is 9.65.